The van der Waals surface area contributed by atoms with Crippen LogP contribution in [0.4, 0.5) is 0 Å². The van der Waals surface area contributed by atoms with E-state index in [9.17, 15) is 4.21 Å². The minimum absolute atomic E-state index is 0.238. The molecule has 2 unspecified atom stereocenters. The molecule has 0 radical (unpaired) electrons. The molecule has 0 fully saturated rings. The Labute approximate surface area is 93.6 Å². The molecular weight excluding hydrogens is 214 g/mol. The Morgan fingerprint density at radius 1 is 1.60 bits per heavy atom. The lowest BCUT2D eigenvalue weighted by atomic mass is 10.3. The highest BCUT2D eigenvalue weighted by molar-refractivity contribution is 7.84. The second-order valence-electron chi connectivity index (χ2n) is 3.54. The van der Waals surface area contributed by atoms with Crippen LogP contribution in [0.5, 0.6) is 0 Å². The molecule has 0 aliphatic heterocycles. The molecule has 2 atom stereocenters. The number of hydrogen-bond acceptors (Lipinski definition) is 4. The third-order valence-corrected chi connectivity index (χ3v) is 3.58. The minimum Gasteiger partial charge on any atom is -0.409 e. The Morgan fingerprint density at radius 3 is 2.80 bits per heavy atom. The number of nitrogens with zero attached hydrogens (tertiary/aromatic N) is 1. The molecule has 0 saturated heterocycles. The monoisotopic (exact) mass is 235 g/mol. The quantitative estimate of drug-likeness (QED) is 0.185. The summed E-state index contributed by atoms with van der Waals surface area (Å²) in [5.74, 6) is 0.264. The van der Waals surface area contributed by atoms with Gasteiger partial charge in [0.1, 0.15) is 5.84 Å². The van der Waals surface area contributed by atoms with Crippen LogP contribution in [0.25, 0.3) is 0 Å². The maximum Gasteiger partial charge on any atom is 0.139 e. The van der Waals surface area contributed by atoms with Crippen molar-refractivity contribution >= 4 is 16.6 Å². The Hall–Kier alpha value is -0.620. The van der Waals surface area contributed by atoms with Gasteiger partial charge in [0.25, 0.3) is 0 Å². The zero-order valence-electron chi connectivity index (χ0n) is 9.40. The van der Waals surface area contributed by atoms with Crippen LogP contribution >= 0.6 is 0 Å². The van der Waals surface area contributed by atoms with Gasteiger partial charge >= 0.3 is 0 Å². The summed E-state index contributed by atoms with van der Waals surface area (Å²) in [6.45, 7) is 3.67. The standard InChI is InChI=1S/C9H21N3O2S/c1-8(15(2)14)5-7-11-6-3-4-9(10)12-13/h8,11,13H,3-7H2,1-2H3,(H2,10,12). The molecule has 0 aromatic heterocycles. The topological polar surface area (TPSA) is 87.7 Å². The van der Waals surface area contributed by atoms with E-state index in [1.54, 1.807) is 6.26 Å². The van der Waals surface area contributed by atoms with Crippen LogP contribution in [-0.2, 0) is 10.8 Å². The van der Waals surface area contributed by atoms with Crippen molar-refractivity contribution in [3.63, 3.8) is 0 Å². The predicted molar refractivity (Wildman–Crippen MR) is 63.7 cm³/mol. The smallest absolute Gasteiger partial charge is 0.139 e. The maximum absolute atomic E-state index is 11.0. The highest BCUT2D eigenvalue weighted by Gasteiger charge is 2.04. The summed E-state index contributed by atoms with van der Waals surface area (Å²) in [6.07, 6.45) is 4.08. The van der Waals surface area contributed by atoms with Gasteiger partial charge in [0, 0.05) is 28.7 Å². The fraction of sp³-hybridized carbons (Fsp3) is 0.889. The number of oxime groups is 1. The minimum atomic E-state index is -0.738. The van der Waals surface area contributed by atoms with E-state index in [1.807, 2.05) is 6.92 Å². The third-order valence-electron chi connectivity index (χ3n) is 2.21. The zero-order valence-corrected chi connectivity index (χ0v) is 10.2. The Kier molecular flexibility index (Phi) is 8.31. The molecule has 0 aliphatic carbocycles. The predicted octanol–water partition coefficient (Wildman–Crippen LogP) is 0.260. The van der Waals surface area contributed by atoms with Gasteiger partial charge in [0.15, 0.2) is 0 Å². The number of hydrogen-bond donors (Lipinski definition) is 3. The summed E-state index contributed by atoms with van der Waals surface area (Å²) in [6, 6.07) is 0. The molecule has 0 heterocycles. The normalized spacial score (nSPS) is 16.3. The number of nitrogens with two attached hydrogens (primary N) is 1. The molecule has 0 spiro atoms. The second kappa shape index (κ2) is 8.67. The lowest BCUT2D eigenvalue weighted by molar-refractivity contribution is 0.316. The van der Waals surface area contributed by atoms with Crippen LogP contribution in [0.1, 0.15) is 26.2 Å². The van der Waals surface area contributed by atoms with Gasteiger partial charge in [-0.15, -0.1) is 0 Å². The van der Waals surface area contributed by atoms with E-state index in [4.69, 9.17) is 10.9 Å². The first kappa shape index (κ1) is 14.4. The number of nitrogens with one attached hydrogen (secondary N) is 1. The lowest BCUT2D eigenvalue weighted by Crippen LogP contribution is -2.23. The van der Waals surface area contributed by atoms with Crippen molar-refractivity contribution in [1.29, 1.82) is 0 Å². The SMILES string of the molecule is CC(CCNCCCC(N)=NO)S(C)=O. The molecule has 6 heteroatoms. The van der Waals surface area contributed by atoms with Crippen LogP contribution in [0, 0.1) is 0 Å². The Morgan fingerprint density at radius 2 is 2.27 bits per heavy atom. The third kappa shape index (κ3) is 8.38. The first-order valence-electron chi connectivity index (χ1n) is 5.07. The van der Waals surface area contributed by atoms with E-state index in [1.165, 1.54) is 0 Å². The van der Waals surface area contributed by atoms with Gasteiger partial charge in [-0.2, -0.15) is 0 Å². The summed E-state index contributed by atoms with van der Waals surface area (Å²) < 4.78 is 11.0. The van der Waals surface area contributed by atoms with E-state index in [0.29, 0.717) is 6.42 Å². The van der Waals surface area contributed by atoms with Gasteiger partial charge < -0.3 is 16.3 Å². The van der Waals surface area contributed by atoms with Crippen molar-refractivity contribution in [2.45, 2.75) is 31.4 Å². The molecule has 15 heavy (non-hydrogen) atoms. The molecule has 0 aromatic carbocycles. The molecule has 0 aromatic rings. The van der Waals surface area contributed by atoms with Gasteiger partial charge in [-0.25, -0.2) is 0 Å². The molecule has 0 aliphatic rings. The molecule has 4 N–H and O–H groups in total. The van der Waals surface area contributed by atoms with Crippen LogP contribution in [-0.4, -0.2) is 39.8 Å². The van der Waals surface area contributed by atoms with Crippen LogP contribution in [0.3, 0.4) is 0 Å². The molecule has 0 amide bonds. The van der Waals surface area contributed by atoms with Gasteiger partial charge in [0.2, 0.25) is 0 Å². The van der Waals surface area contributed by atoms with Crippen LogP contribution in [0.15, 0.2) is 5.16 Å². The van der Waals surface area contributed by atoms with Gasteiger partial charge in [-0.05, 0) is 25.9 Å². The van der Waals surface area contributed by atoms with E-state index >= 15 is 0 Å². The summed E-state index contributed by atoms with van der Waals surface area (Å²) >= 11 is 0. The van der Waals surface area contributed by atoms with Crippen molar-refractivity contribution in [3.8, 4) is 0 Å². The summed E-state index contributed by atoms with van der Waals surface area (Å²) in [5, 5.41) is 14.6. The summed E-state index contributed by atoms with van der Waals surface area (Å²) in [5.41, 5.74) is 5.31. The molecule has 0 rings (SSSR count). The first-order chi connectivity index (χ1) is 7.07. The zero-order chi connectivity index (χ0) is 11.7. The first-order valence-corrected chi connectivity index (χ1v) is 6.69. The molecule has 90 valence electrons. The number of amidine groups is 1. The van der Waals surface area contributed by atoms with E-state index in [-0.39, 0.29) is 11.1 Å². The largest absolute Gasteiger partial charge is 0.409 e. The van der Waals surface area contributed by atoms with E-state index < -0.39 is 10.8 Å². The molecule has 5 nitrogen and oxygen atoms in total. The molecule has 0 bridgehead atoms. The van der Waals surface area contributed by atoms with Crippen molar-refractivity contribution in [2.75, 3.05) is 19.3 Å². The number of rotatable bonds is 8. The van der Waals surface area contributed by atoms with Crippen LogP contribution < -0.4 is 11.1 Å². The van der Waals surface area contributed by atoms with E-state index in [2.05, 4.69) is 10.5 Å². The van der Waals surface area contributed by atoms with Crippen LogP contribution in [0.2, 0.25) is 0 Å². The lowest BCUT2D eigenvalue weighted by Gasteiger charge is -2.08. The van der Waals surface area contributed by atoms with Crippen molar-refractivity contribution in [1.82, 2.24) is 5.32 Å². The highest BCUT2D eigenvalue weighted by atomic mass is 32.2. The average molecular weight is 235 g/mol. The summed E-state index contributed by atoms with van der Waals surface area (Å²) in [4.78, 5) is 0. The van der Waals surface area contributed by atoms with Crippen molar-refractivity contribution in [2.24, 2.45) is 10.9 Å². The fourth-order valence-electron chi connectivity index (χ4n) is 1.04. The molecular formula is C9H21N3O2S. The highest BCUT2D eigenvalue weighted by Crippen LogP contribution is 1.97. The van der Waals surface area contributed by atoms with Gasteiger partial charge in [-0.3, -0.25) is 4.21 Å². The maximum atomic E-state index is 11.0. The summed E-state index contributed by atoms with van der Waals surface area (Å²) in [7, 11) is -0.738. The van der Waals surface area contributed by atoms with E-state index in [0.717, 1.165) is 25.9 Å². The van der Waals surface area contributed by atoms with Gasteiger partial charge in [0.05, 0.1) is 0 Å². The van der Waals surface area contributed by atoms with Crippen molar-refractivity contribution < 1.29 is 9.42 Å². The fourth-order valence-corrected chi connectivity index (χ4v) is 1.49. The second-order valence-corrected chi connectivity index (χ2v) is 5.34. The van der Waals surface area contributed by atoms with Crippen molar-refractivity contribution in [3.05, 3.63) is 0 Å². The van der Waals surface area contributed by atoms with Gasteiger partial charge in [-0.1, -0.05) is 12.1 Å². The Balaban J connectivity index is 3.29. The molecule has 0 saturated carbocycles. The Bertz CT molecular complexity index is 221. The average Bonchev–Trinajstić information content (AvgIpc) is 2.22.